The summed E-state index contributed by atoms with van der Waals surface area (Å²) in [5.74, 6) is -0.946. The van der Waals surface area contributed by atoms with Crippen molar-refractivity contribution >= 4 is 11.7 Å². The lowest BCUT2D eigenvalue weighted by Gasteiger charge is -2.13. The minimum atomic E-state index is -0.946. The summed E-state index contributed by atoms with van der Waals surface area (Å²) in [6.07, 6.45) is 0.114. The number of carboxylic acid groups (broad SMARTS) is 1. The van der Waals surface area contributed by atoms with Crippen molar-refractivity contribution in [1.82, 2.24) is 0 Å². The zero-order chi connectivity index (χ0) is 17.6. The van der Waals surface area contributed by atoms with Crippen LogP contribution in [-0.2, 0) is 20.8 Å². The molecule has 1 unspecified atom stereocenters. The molecule has 0 spiro atoms. The van der Waals surface area contributed by atoms with Gasteiger partial charge in [-0.3, -0.25) is 0 Å². The van der Waals surface area contributed by atoms with Crippen molar-refractivity contribution in [3.8, 4) is 0 Å². The van der Waals surface area contributed by atoms with Crippen LogP contribution in [0.5, 0.6) is 0 Å². The molecule has 5 nitrogen and oxygen atoms in total. The highest BCUT2D eigenvalue weighted by Gasteiger charge is 2.24. The molecular formula is C20H21NO4. The number of benzene rings is 2. The van der Waals surface area contributed by atoms with Gasteiger partial charge in [0.1, 0.15) is 0 Å². The van der Waals surface area contributed by atoms with Gasteiger partial charge < -0.3 is 14.7 Å². The van der Waals surface area contributed by atoms with Crippen LogP contribution >= 0.6 is 0 Å². The summed E-state index contributed by atoms with van der Waals surface area (Å²) in [5, 5.41) is 13.5. The van der Waals surface area contributed by atoms with Gasteiger partial charge in [-0.25, -0.2) is 4.79 Å². The fraction of sp³-hybridized carbons (Fsp3) is 0.300. The smallest absolute Gasteiger partial charge is 0.333 e. The van der Waals surface area contributed by atoms with Crippen LogP contribution in [0.4, 0.5) is 0 Å². The standard InChI is InChI=1S/C20H21NO4/c1-2-24-19(20(22)23)12-14-7-6-10-16(11-14)17-13-18(25-21-17)15-8-4-3-5-9-15/h3-11,18-19H,2,12-13H2,1H3,(H,22,23)/t18?,19-/m1/s1. The lowest BCUT2D eigenvalue weighted by molar-refractivity contribution is -0.149. The van der Waals surface area contributed by atoms with Gasteiger partial charge in [-0.15, -0.1) is 0 Å². The molecular weight excluding hydrogens is 318 g/mol. The molecule has 0 amide bonds. The quantitative estimate of drug-likeness (QED) is 0.837. The molecule has 130 valence electrons. The van der Waals surface area contributed by atoms with Crippen molar-refractivity contribution in [1.29, 1.82) is 0 Å². The van der Waals surface area contributed by atoms with Gasteiger partial charge in [0, 0.05) is 19.4 Å². The molecule has 1 heterocycles. The van der Waals surface area contributed by atoms with Crippen LogP contribution in [0.25, 0.3) is 0 Å². The number of rotatable bonds is 7. The lowest BCUT2D eigenvalue weighted by atomic mass is 9.98. The van der Waals surface area contributed by atoms with Gasteiger partial charge in [-0.05, 0) is 29.7 Å². The van der Waals surface area contributed by atoms with Crippen molar-refractivity contribution < 1.29 is 19.5 Å². The summed E-state index contributed by atoms with van der Waals surface area (Å²) in [6.45, 7) is 2.16. The minimum Gasteiger partial charge on any atom is -0.479 e. The third kappa shape index (κ3) is 4.25. The van der Waals surface area contributed by atoms with E-state index in [1.165, 1.54) is 0 Å². The van der Waals surface area contributed by atoms with Gasteiger partial charge in [0.15, 0.2) is 12.2 Å². The third-order valence-corrected chi connectivity index (χ3v) is 4.16. The first kappa shape index (κ1) is 17.2. The Morgan fingerprint density at radius 1 is 1.28 bits per heavy atom. The molecule has 0 radical (unpaired) electrons. The Hall–Kier alpha value is -2.66. The number of carbonyl (C=O) groups is 1. The SMILES string of the molecule is CCO[C@H](Cc1cccc(C2=NOC(c3ccccc3)C2)c1)C(=O)O. The zero-order valence-corrected chi connectivity index (χ0v) is 14.1. The third-order valence-electron chi connectivity index (χ3n) is 4.16. The molecule has 3 rings (SSSR count). The summed E-state index contributed by atoms with van der Waals surface area (Å²) in [6, 6.07) is 17.7. The number of oxime groups is 1. The van der Waals surface area contributed by atoms with Crippen molar-refractivity contribution in [2.75, 3.05) is 6.61 Å². The van der Waals surface area contributed by atoms with Crippen molar-refractivity contribution in [3.05, 3.63) is 71.3 Å². The van der Waals surface area contributed by atoms with Crippen LogP contribution < -0.4 is 0 Å². The maximum absolute atomic E-state index is 11.3. The lowest BCUT2D eigenvalue weighted by Crippen LogP contribution is -2.26. The van der Waals surface area contributed by atoms with Crippen molar-refractivity contribution in [2.45, 2.75) is 32.0 Å². The molecule has 0 saturated heterocycles. The number of hydrogen-bond donors (Lipinski definition) is 1. The molecule has 0 bridgehead atoms. The molecule has 2 atom stereocenters. The molecule has 1 aliphatic rings. The summed E-state index contributed by atoms with van der Waals surface area (Å²) in [5.41, 5.74) is 3.83. The van der Waals surface area contributed by atoms with Crippen molar-refractivity contribution in [3.63, 3.8) is 0 Å². The van der Waals surface area contributed by atoms with Gasteiger partial charge in [-0.1, -0.05) is 53.7 Å². The number of carboxylic acids is 1. The van der Waals surface area contributed by atoms with Gasteiger partial charge in [-0.2, -0.15) is 0 Å². The second-order valence-electron chi connectivity index (χ2n) is 5.93. The molecule has 2 aromatic rings. The second-order valence-corrected chi connectivity index (χ2v) is 5.93. The van der Waals surface area contributed by atoms with Crippen LogP contribution in [0.15, 0.2) is 59.8 Å². The maximum atomic E-state index is 11.3. The highest BCUT2D eigenvalue weighted by molar-refractivity contribution is 6.01. The Kier molecular flexibility index (Phi) is 5.46. The minimum absolute atomic E-state index is 0.0740. The molecule has 25 heavy (non-hydrogen) atoms. The monoisotopic (exact) mass is 339 g/mol. The molecule has 2 aromatic carbocycles. The summed E-state index contributed by atoms with van der Waals surface area (Å²) in [7, 11) is 0. The Labute approximate surface area is 146 Å². The Morgan fingerprint density at radius 3 is 2.80 bits per heavy atom. The van der Waals surface area contributed by atoms with Crippen LogP contribution in [-0.4, -0.2) is 29.5 Å². The van der Waals surface area contributed by atoms with E-state index in [4.69, 9.17) is 9.57 Å². The van der Waals surface area contributed by atoms with E-state index in [1.54, 1.807) is 6.92 Å². The van der Waals surface area contributed by atoms with Crippen LogP contribution in [0, 0.1) is 0 Å². The van der Waals surface area contributed by atoms with Crippen LogP contribution in [0.1, 0.15) is 36.1 Å². The summed E-state index contributed by atoms with van der Waals surface area (Å²) in [4.78, 5) is 16.8. The number of nitrogens with zero attached hydrogens (tertiary/aromatic N) is 1. The normalized spacial score (nSPS) is 17.6. The van der Waals surface area contributed by atoms with E-state index in [0.717, 1.165) is 22.4 Å². The summed E-state index contributed by atoms with van der Waals surface area (Å²) >= 11 is 0. The molecule has 0 saturated carbocycles. The predicted octanol–water partition coefficient (Wildman–Crippen LogP) is 3.58. The Bertz CT molecular complexity index is 757. The van der Waals surface area contributed by atoms with Crippen molar-refractivity contribution in [2.24, 2.45) is 5.16 Å². The van der Waals surface area contributed by atoms with E-state index >= 15 is 0 Å². The topological polar surface area (TPSA) is 68.1 Å². The van der Waals surface area contributed by atoms with E-state index in [2.05, 4.69) is 5.16 Å². The van der Waals surface area contributed by atoms with Crippen LogP contribution in [0.3, 0.4) is 0 Å². The number of hydrogen-bond acceptors (Lipinski definition) is 4. The first-order valence-electron chi connectivity index (χ1n) is 8.38. The van der Waals surface area contributed by atoms with Crippen LogP contribution in [0.2, 0.25) is 0 Å². The van der Waals surface area contributed by atoms with E-state index in [1.807, 2.05) is 54.6 Å². The first-order chi connectivity index (χ1) is 12.2. The highest BCUT2D eigenvalue weighted by atomic mass is 16.6. The van der Waals surface area contributed by atoms with E-state index in [9.17, 15) is 9.90 Å². The summed E-state index contributed by atoms with van der Waals surface area (Å²) < 4.78 is 5.29. The highest BCUT2D eigenvalue weighted by Crippen LogP contribution is 2.29. The average molecular weight is 339 g/mol. The van der Waals surface area contributed by atoms with E-state index in [0.29, 0.717) is 19.4 Å². The van der Waals surface area contributed by atoms with E-state index in [-0.39, 0.29) is 6.10 Å². The molecule has 0 fully saturated rings. The first-order valence-corrected chi connectivity index (χ1v) is 8.38. The zero-order valence-electron chi connectivity index (χ0n) is 14.1. The fourth-order valence-electron chi connectivity index (χ4n) is 2.90. The molecule has 1 N–H and O–H groups in total. The Balaban J connectivity index is 1.71. The van der Waals surface area contributed by atoms with Gasteiger partial charge >= 0.3 is 5.97 Å². The maximum Gasteiger partial charge on any atom is 0.333 e. The fourth-order valence-corrected chi connectivity index (χ4v) is 2.90. The second kappa shape index (κ2) is 7.94. The molecule has 5 heteroatoms. The molecule has 0 aromatic heterocycles. The molecule has 1 aliphatic heterocycles. The average Bonchev–Trinajstić information content (AvgIpc) is 3.12. The number of ether oxygens (including phenoxy) is 1. The number of aliphatic carboxylic acids is 1. The predicted molar refractivity (Wildman–Crippen MR) is 94.6 cm³/mol. The van der Waals surface area contributed by atoms with Gasteiger partial charge in [0.25, 0.3) is 0 Å². The van der Waals surface area contributed by atoms with Gasteiger partial charge in [0.2, 0.25) is 0 Å². The Morgan fingerprint density at radius 2 is 2.08 bits per heavy atom. The largest absolute Gasteiger partial charge is 0.479 e. The van der Waals surface area contributed by atoms with Gasteiger partial charge in [0.05, 0.1) is 5.71 Å². The van der Waals surface area contributed by atoms with E-state index < -0.39 is 12.1 Å². The molecule has 0 aliphatic carbocycles.